The van der Waals surface area contributed by atoms with Crippen molar-refractivity contribution in [3.8, 4) is 0 Å². The minimum Gasteiger partial charge on any atom is -0.378 e. The smallest absolute Gasteiger partial charge is 0.318 e. The predicted octanol–water partition coefficient (Wildman–Crippen LogP) is -0.286. The zero-order valence-corrected chi connectivity index (χ0v) is 9.87. The van der Waals surface area contributed by atoms with Crippen molar-refractivity contribution in [1.29, 1.82) is 0 Å². The Bertz CT molecular complexity index is 316. The van der Waals surface area contributed by atoms with Crippen LogP contribution in [0.15, 0.2) is 0 Å². The number of amides is 3. The van der Waals surface area contributed by atoms with Gasteiger partial charge in [0.15, 0.2) is 0 Å². The van der Waals surface area contributed by atoms with Crippen LogP contribution in [0.4, 0.5) is 4.79 Å². The molecule has 1 saturated carbocycles. The molecule has 0 aromatic rings. The van der Waals surface area contributed by atoms with E-state index in [4.69, 9.17) is 16.2 Å². The highest BCUT2D eigenvalue weighted by Crippen LogP contribution is 2.49. The monoisotopic (exact) mass is 229 g/mol. The number of hydrogen-bond acceptors (Lipinski definition) is 4. The highest BCUT2D eigenvalue weighted by atomic mass is 16.5. The van der Waals surface area contributed by atoms with Gasteiger partial charge in [-0.1, -0.05) is 13.8 Å². The van der Waals surface area contributed by atoms with Gasteiger partial charge in [-0.15, -0.1) is 0 Å². The van der Waals surface area contributed by atoms with E-state index in [1.54, 1.807) is 0 Å². The lowest BCUT2D eigenvalue weighted by Crippen LogP contribution is -2.76. The van der Waals surface area contributed by atoms with Crippen LogP contribution < -0.4 is 16.8 Å². The second-order valence-electron chi connectivity index (χ2n) is 4.66. The number of urea groups is 1. The van der Waals surface area contributed by atoms with Crippen molar-refractivity contribution < 1.29 is 14.3 Å². The van der Waals surface area contributed by atoms with Crippen molar-refractivity contribution in [2.45, 2.75) is 38.8 Å². The Labute approximate surface area is 94.7 Å². The summed E-state index contributed by atoms with van der Waals surface area (Å²) in [5.74, 6) is -0.541. The molecule has 0 heterocycles. The SMILES string of the molecule is CCOC1CC(N)(C(=O)NC(N)=O)C1(C)C. The fourth-order valence-electron chi connectivity index (χ4n) is 2.04. The van der Waals surface area contributed by atoms with E-state index >= 15 is 0 Å². The van der Waals surface area contributed by atoms with Crippen LogP contribution in [0.3, 0.4) is 0 Å². The minimum absolute atomic E-state index is 0.0684. The zero-order valence-electron chi connectivity index (χ0n) is 9.87. The molecule has 0 spiro atoms. The summed E-state index contributed by atoms with van der Waals surface area (Å²) in [7, 11) is 0. The molecule has 5 N–H and O–H groups in total. The summed E-state index contributed by atoms with van der Waals surface area (Å²) in [6.07, 6.45) is 0.327. The lowest BCUT2D eigenvalue weighted by Gasteiger charge is -2.57. The molecule has 1 fully saturated rings. The standard InChI is InChI=1S/C10H19N3O3/c1-4-16-6-5-10(12,9(6,2)3)7(14)13-8(11)15/h6H,4-5,12H2,1-3H3,(H3,11,13,14,15). The molecule has 2 unspecified atom stereocenters. The minimum atomic E-state index is -1.10. The molecule has 0 aromatic heterocycles. The molecule has 3 amide bonds. The second kappa shape index (κ2) is 4.03. The number of carbonyl (C=O) groups excluding carboxylic acids is 2. The van der Waals surface area contributed by atoms with E-state index in [2.05, 4.69) is 0 Å². The summed E-state index contributed by atoms with van der Waals surface area (Å²) in [6, 6.07) is -0.884. The molecule has 2 atom stereocenters. The Morgan fingerprint density at radius 3 is 2.44 bits per heavy atom. The van der Waals surface area contributed by atoms with Gasteiger partial charge in [0.2, 0.25) is 5.91 Å². The van der Waals surface area contributed by atoms with E-state index < -0.39 is 22.9 Å². The maximum atomic E-state index is 11.7. The average molecular weight is 229 g/mol. The number of nitrogens with two attached hydrogens (primary N) is 2. The maximum Gasteiger partial charge on any atom is 0.318 e. The van der Waals surface area contributed by atoms with Crippen molar-refractivity contribution in [3.05, 3.63) is 0 Å². The number of rotatable bonds is 3. The first kappa shape index (κ1) is 12.9. The quantitative estimate of drug-likeness (QED) is 0.618. The summed E-state index contributed by atoms with van der Waals surface area (Å²) in [5, 5.41) is 2.02. The van der Waals surface area contributed by atoms with Crippen LogP contribution in [-0.4, -0.2) is 30.2 Å². The largest absolute Gasteiger partial charge is 0.378 e. The Balaban J connectivity index is 2.74. The van der Waals surface area contributed by atoms with Crippen molar-refractivity contribution in [3.63, 3.8) is 0 Å². The molecule has 1 rings (SSSR count). The average Bonchev–Trinajstić information content (AvgIpc) is 2.16. The van der Waals surface area contributed by atoms with Gasteiger partial charge < -0.3 is 16.2 Å². The first-order valence-electron chi connectivity index (χ1n) is 5.27. The number of ether oxygens (including phenoxy) is 1. The molecule has 6 nitrogen and oxygen atoms in total. The summed E-state index contributed by atoms with van der Waals surface area (Å²) < 4.78 is 5.47. The highest BCUT2D eigenvalue weighted by molar-refractivity contribution is 6.00. The van der Waals surface area contributed by atoms with Crippen LogP contribution in [-0.2, 0) is 9.53 Å². The van der Waals surface area contributed by atoms with Gasteiger partial charge in [0.1, 0.15) is 5.54 Å². The third kappa shape index (κ3) is 1.78. The molecule has 0 aromatic carbocycles. The van der Waals surface area contributed by atoms with Crippen LogP contribution in [0, 0.1) is 5.41 Å². The number of nitrogens with one attached hydrogen (secondary N) is 1. The predicted molar refractivity (Wildman–Crippen MR) is 58.5 cm³/mol. The van der Waals surface area contributed by atoms with Crippen LogP contribution in [0.1, 0.15) is 27.2 Å². The summed E-state index contributed by atoms with van der Waals surface area (Å²) in [6.45, 7) is 6.15. The lowest BCUT2D eigenvalue weighted by atomic mass is 9.54. The molecule has 0 saturated heterocycles. The number of imide groups is 1. The molecule has 0 bridgehead atoms. The summed E-state index contributed by atoms with van der Waals surface area (Å²) >= 11 is 0. The van der Waals surface area contributed by atoms with E-state index in [0.29, 0.717) is 13.0 Å². The van der Waals surface area contributed by atoms with Gasteiger partial charge in [0.05, 0.1) is 6.10 Å². The third-order valence-electron chi connectivity index (χ3n) is 3.47. The summed E-state index contributed by atoms with van der Waals surface area (Å²) in [4.78, 5) is 22.3. The third-order valence-corrected chi connectivity index (χ3v) is 3.47. The molecule has 0 radical (unpaired) electrons. The number of primary amides is 1. The highest BCUT2D eigenvalue weighted by Gasteiger charge is 2.63. The fourth-order valence-corrected chi connectivity index (χ4v) is 2.04. The molecular weight excluding hydrogens is 210 g/mol. The topological polar surface area (TPSA) is 107 Å². The first-order valence-corrected chi connectivity index (χ1v) is 5.27. The Morgan fingerprint density at radius 2 is 2.06 bits per heavy atom. The van der Waals surface area contributed by atoms with Crippen LogP contribution in [0.5, 0.6) is 0 Å². The van der Waals surface area contributed by atoms with Gasteiger partial charge in [0, 0.05) is 18.4 Å². The first-order chi connectivity index (χ1) is 7.25. The molecule has 1 aliphatic carbocycles. The van der Waals surface area contributed by atoms with Gasteiger partial charge in [-0.05, 0) is 6.92 Å². The molecular formula is C10H19N3O3. The van der Waals surface area contributed by atoms with Crippen molar-refractivity contribution in [1.82, 2.24) is 5.32 Å². The van der Waals surface area contributed by atoms with Gasteiger partial charge in [-0.2, -0.15) is 0 Å². The number of hydrogen-bond donors (Lipinski definition) is 3. The Kier molecular flexibility index (Phi) is 3.25. The van der Waals surface area contributed by atoms with Gasteiger partial charge in [-0.3, -0.25) is 10.1 Å². The Morgan fingerprint density at radius 1 is 1.50 bits per heavy atom. The van der Waals surface area contributed by atoms with Crippen molar-refractivity contribution in [2.75, 3.05) is 6.61 Å². The fraction of sp³-hybridized carbons (Fsp3) is 0.800. The van der Waals surface area contributed by atoms with Gasteiger partial charge in [0.25, 0.3) is 0 Å². The zero-order chi connectivity index (χ0) is 12.6. The van der Waals surface area contributed by atoms with E-state index in [1.165, 1.54) is 0 Å². The van der Waals surface area contributed by atoms with Crippen LogP contribution in [0.2, 0.25) is 0 Å². The maximum absolute atomic E-state index is 11.7. The van der Waals surface area contributed by atoms with Crippen molar-refractivity contribution in [2.24, 2.45) is 16.9 Å². The van der Waals surface area contributed by atoms with Crippen LogP contribution >= 0.6 is 0 Å². The molecule has 1 aliphatic rings. The number of carbonyl (C=O) groups is 2. The van der Waals surface area contributed by atoms with E-state index in [-0.39, 0.29) is 6.10 Å². The Hall–Kier alpha value is -1.14. The molecule has 92 valence electrons. The van der Waals surface area contributed by atoms with E-state index in [0.717, 1.165) is 0 Å². The van der Waals surface area contributed by atoms with Gasteiger partial charge >= 0.3 is 6.03 Å². The molecule has 16 heavy (non-hydrogen) atoms. The van der Waals surface area contributed by atoms with Crippen molar-refractivity contribution >= 4 is 11.9 Å². The molecule has 0 aliphatic heterocycles. The normalized spacial score (nSPS) is 31.6. The summed E-state index contributed by atoms with van der Waals surface area (Å²) in [5.41, 5.74) is 9.28. The van der Waals surface area contributed by atoms with E-state index in [1.807, 2.05) is 26.1 Å². The van der Waals surface area contributed by atoms with Gasteiger partial charge in [-0.25, -0.2) is 4.79 Å². The molecule has 6 heteroatoms. The lowest BCUT2D eigenvalue weighted by molar-refractivity contribution is -0.169. The second-order valence-corrected chi connectivity index (χ2v) is 4.66. The van der Waals surface area contributed by atoms with Crippen LogP contribution in [0.25, 0.3) is 0 Å². The van der Waals surface area contributed by atoms with E-state index in [9.17, 15) is 9.59 Å².